The van der Waals surface area contributed by atoms with Gasteiger partial charge in [-0.15, -0.1) is 0 Å². The minimum absolute atomic E-state index is 0.148. The lowest BCUT2D eigenvalue weighted by molar-refractivity contribution is 0.612. The number of nitrogens with zero attached hydrogens (tertiary/aromatic N) is 3. The third-order valence-electron chi connectivity index (χ3n) is 4.05. The zero-order valence-electron chi connectivity index (χ0n) is 12.9. The number of hydrogen-bond acceptors (Lipinski definition) is 3. The Labute approximate surface area is 149 Å². The molecule has 0 fully saturated rings. The van der Waals surface area contributed by atoms with E-state index < -0.39 is 0 Å². The molecular weight excluding hydrogens is 343 g/mol. The average Bonchev–Trinajstić information content (AvgIpc) is 3.03. The van der Waals surface area contributed by atoms with Crippen molar-refractivity contribution in [2.75, 3.05) is 5.32 Å². The molecule has 2 heterocycles. The molecule has 120 valence electrons. The Hall–Kier alpha value is -2.30. The average molecular weight is 357 g/mol. The summed E-state index contributed by atoms with van der Waals surface area (Å²) < 4.78 is 1.81. The first-order valence-electron chi connectivity index (χ1n) is 7.52. The van der Waals surface area contributed by atoms with Crippen molar-refractivity contribution in [3.63, 3.8) is 0 Å². The Bertz CT molecular complexity index is 928. The van der Waals surface area contributed by atoms with Gasteiger partial charge in [-0.3, -0.25) is 0 Å². The first-order valence-corrected chi connectivity index (χ1v) is 8.28. The largest absolute Gasteiger partial charge is 0.324 e. The van der Waals surface area contributed by atoms with Gasteiger partial charge < -0.3 is 5.32 Å². The lowest BCUT2D eigenvalue weighted by atomic mass is 10.0. The van der Waals surface area contributed by atoms with Crippen LogP contribution in [0.4, 0.5) is 5.95 Å². The standard InChI is InChI=1S/C18H14Cl2N4/c1-11-2-4-12(5-3-11)16-9-17(24-18(23-16)21-10-22-24)14-7-6-13(19)8-15(14)20/h2-10,17H,1H3,(H,21,22,23)/t17-/m0/s1. The van der Waals surface area contributed by atoms with Crippen LogP contribution in [0.25, 0.3) is 5.70 Å². The molecule has 0 aliphatic carbocycles. The first-order chi connectivity index (χ1) is 11.6. The zero-order valence-corrected chi connectivity index (χ0v) is 14.4. The van der Waals surface area contributed by atoms with Gasteiger partial charge in [0.1, 0.15) is 12.4 Å². The molecule has 1 atom stereocenters. The van der Waals surface area contributed by atoms with E-state index in [1.807, 2.05) is 16.8 Å². The summed E-state index contributed by atoms with van der Waals surface area (Å²) in [6.07, 6.45) is 3.63. The van der Waals surface area contributed by atoms with Crippen LogP contribution < -0.4 is 5.32 Å². The molecule has 0 radical (unpaired) electrons. The van der Waals surface area contributed by atoms with Gasteiger partial charge in [-0.2, -0.15) is 10.1 Å². The number of benzene rings is 2. The van der Waals surface area contributed by atoms with Gasteiger partial charge in [0.25, 0.3) is 0 Å². The van der Waals surface area contributed by atoms with Crippen molar-refractivity contribution in [3.8, 4) is 0 Å². The molecule has 1 aromatic heterocycles. The second-order valence-corrected chi connectivity index (χ2v) is 6.55. The van der Waals surface area contributed by atoms with Crippen LogP contribution in [0.1, 0.15) is 22.7 Å². The van der Waals surface area contributed by atoms with E-state index in [1.165, 1.54) is 11.9 Å². The molecular formula is C18H14Cl2N4. The van der Waals surface area contributed by atoms with Gasteiger partial charge in [-0.05, 0) is 36.3 Å². The van der Waals surface area contributed by atoms with Crippen LogP contribution >= 0.6 is 23.2 Å². The molecule has 0 amide bonds. The van der Waals surface area contributed by atoms with Gasteiger partial charge in [-0.25, -0.2) is 4.68 Å². The molecule has 2 aromatic carbocycles. The first kappa shape index (κ1) is 15.2. The molecule has 0 unspecified atom stereocenters. The SMILES string of the molecule is Cc1ccc(C2=C[C@@H](c3ccc(Cl)cc3Cl)n3ncnc3N2)cc1. The van der Waals surface area contributed by atoms with E-state index in [0.29, 0.717) is 16.0 Å². The number of aromatic nitrogens is 3. The molecule has 6 heteroatoms. The second kappa shape index (κ2) is 5.96. The third-order valence-corrected chi connectivity index (χ3v) is 4.61. The van der Waals surface area contributed by atoms with Crippen molar-refractivity contribution in [3.05, 3.63) is 81.6 Å². The summed E-state index contributed by atoms with van der Waals surface area (Å²) in [5.41, 5.74) is 4.21. The number of hydrogen-bond donors (Lipinski definition) is 1. The molecule has 0 spiro atoms. The molecule has 24 heavy (non-hydrogen) atoms. The summed E-state index contributed by atoms with van der Waals surface area (Å²) in [5.74, 6) is 0.684. The molecule has 4 nitrogen and oxygen atoms in total. The molecule has 1 N–H and O–H groups in total. The molecule has 0 saturated heterocycles. The number of nitrogens with one attached hydrogen (secondary N) is 1. The van der Waals surface area contributed by atoms with Gasteiger partial charge in [-0.1, -0.05) is 59.1 Å². The Morgan fingerprint density at radius 1 is 1.08 bits per heavy atom. The number of halogens is 2. The van der Waals surface area contributed by atoms with E-state index in [0.717, 1.165) is 16.8 Å². The molecule has 0 saturated carbocycles. The van der Waals surface area contributed by atoms with Crippen LogP contribution in [0.5, 0.6) is 0 Å². The van der Waals surface area contributed by atoms with Crippen LogP contribution in [-0.4, -0.2) is 14.8 Å². The maximum Gasteiger partial charge on any atom is 0.226 e. The predicted octanol–water partition coefficient (Wildman–Crippen LogP) is 4.95. The maximum atomic E-state index is 6.42. The zero-order chi connectivity index (χ0) is 16.7. The van der Waals surface area contributed by atoms with Crippen molar-refractivity contribution in [2.24, 2.45) is 0 Å². The number of rotatable bonds is 2. The Morgan fingerprint density at radius 3 is 2.62 bits per heavy atom. The number of allylic oxidation sites excluding steroid dienone is 1. The maximum absolute atomic E-state index is 6.42. The van der Waals surface area contributed by atoms with E-state index in [4.69, 9.17) is 23.2 Å². The minimum atomic E-state index is -0.148. The highest BCUT2D eigenvalue weighted by Gasteiger charge is 2.25. The van der Waals surface area contributed by atoms with Crippen LogP contribution in [0.2, 0.25) is 10.0 Å². The van der Waals surface area contributed by atoms with Crippen LogP contribution in [0.15, 0.2) is 54.9 Å². The van der Waals surface area contributed by atoms with E-state index in [2.05, 4.69) is 52.7 Å². The van der Waals surface area contributed by atoms with Gasteiger partial charge in [0.2, 0.25) is 5.95 Å². The monoisotopic (exact) mass is 356 g/mol. The molecule has 1 aliphatic heterocycles. The van der Waals surface area contributed by atoms with E-state index in [9.17, 15) is 0 Å². The fraction of sp³-hybridized carbons (Fsp3) is 0.111. The summed E-state index contributed by atoms with van der Waals surface area (Å²) in [5, 5.41) is 8.87. The van der Waals surface area contributed by atoms with Crippen LogP contribution in [0.3, 0.4) is 0 Å². The Morgan fingerprint density at radius 2 is 1.88 bits per heavy atom. The highest BCUT2D eigenvalue weighted by atomic mass is 35.5. The van der Waals surface area contributed by atoms with Crippen LogP contribution in [0, 0.1) is 6.92 Å². The molecule has 3 aromatic rings. The summed E-state index contributed by atoms with van der Waals surface area (Å²) in [6, 6.07) is 13.7. The van der Waals surface area contributed by atoms with E-state index >= 15 is 0 Å². The van der Waals surface area contributed by atoms with Gasteiger partial charge >= 0.3 is 0 Å². The molecule has 1 aliphatic rings. The van der Waals surface area contributed by atoms with E-state index in [1.54, 1.807) is 6.07 Å². The number of anilines is 1. The van der Waals surface area contributed by atoms with E-state index in [-0.39, 0.29) is 6.04 Å². The Kier molecular flexibility index (Phi) is 3.79. The Balaban J connectivity index is 1.83. The lowest BCUT2D eigenvalue weighted by Gasteiger charge is -2.25. The third kappa shape index (κ3) is 2.68. The fourth-order valence-electron chi connectivity index (χ4n) is 2.80. The minimum Gasteiger partial charge on any atom is -0.324 e. The van der Waals surface area contributed by atoms with Gasteiger partial charge in [0.15, 0.2) is 0 Å². The molecule has 0 bridgehead atoms. The van der Waals surface area contributed by atoms with Gasteiger partial charge in [0.05, 0.1) is 0 Å². The predicted molar refractivity (Wildman–Crippen MR) is 97.4 cm³/mol. The number of fused-ring (bicyclic) bond motifs is 1. The summed E-state index contributed by atoms with van der Waals surface area (Å²) in [4.78, 5) is 4.30. The van der Waals surface area contributed by atoms with Crippen molar-refractivity contribution in [1.29, 1.82) is 0 Å². The summed E-state index contributed by atoms with van der Waals surface area (Å²) in [7, 11) is 0. The van der Waals surface area contributed by atoms with Crippen molar-refractivity contribution < 1.29 is 0 Å². The smallest absolute Gasteiger partial charge is 0.226 e. The normalized spacial score (nSPS) is 16.3. The van der Waals surface area contributed by atoms with Crippen LogP contribution in [-0.2, 0) is 0 Å². The molecule has 4 rings (SSSR count). The van der Waals surface area contributed by atoms with Crippen molar-refractivity contribution in [1.82, 2.24) is 14.8 Å². The fourth-order valence-corrected chi connectivity index (χ4v) is 3.32. The van der Waals surface area contributed by atoms with Crippen molar-refractivity contribution >= 4 is 34.8 Å². The summed E-state index contributed by atoms with van der Waals surface area (Å²) in [6.45, 7) is 2.07. The lowest BCUT2D eigenvalue weighted by Crippen LogP contribution is -2.20. The quantitative estimate of drug-likeness (QED) is 0.706. The number of aryl methyl sites for hydroxylation is 1. The highest BCUT2D eigenvalue weighted by molar-refractivity contribution is 6.35. The second-order valence-electron chi connectivity index (χ2n) is 5.71. The van der Waals surface area contributed by atoms with Crippen molar-refractivity contribution in [2.45, 2.75) is 13.0 Å². The topological polar surface area (TPSA) is 42.7 Å². The highest BCUT2D eigenvalue weighted by Crippen LogP contribution is 2.35. The van der Waals surface area contributed by atoms with Gasteiger partial charge in [0, 0.05) is 15.7 Å². The summed E-state index contributed by atoms with van der Waals surface area (Å²) >= 11 is 12.4.